The van der Waals surface area contributed by atoms with Gasteiger partial charge in [0.05, 0.1) is 24.3 Å². The second-order valence-electron chi connectivity index (χ2n) is 9.06. The van der Waals surface area contributed by atoms with Crippen molar-refractivity contribution in [1.82, 2.24) is 0 Å². The van der Waals surface area contributed by atoms with Crippen LogP contribution in [0.15, 0.2) is 42.5 Å². The van der Waals surface area contributed by atoms with Crippen LogP contribution in [0.4, 0.5) is 0 Å². The molecular weight excluding hydrogens is 488 g/mol. The Kier molecular flexibility index (Phi) is 10.1. The van der Waals surface area contributed by atoms with Crippen molar-refractivity contribution < 1.29 is 38.8 Å². The molecule has 0 aromatic heterocycles. The third-order valence-corrected chi connectivity index (χ3v) is 6.09. The Hall–Kier alpha value is -4.07. The molecule has 2 N–H and O–H groups in total. The minimum atomic E-state index is -1.08. The quantitative estimate of drug-likeness (QED) is 0.184. The van der Waals surface area contributed by atoms with E-state index in [2.05, 4.69) is 0 Å². The third-order valence-electron chi connectivity index (χ3n) is 6.09. The van der Waals surface area contributed by atoms with Gasteiger partial charge in [-0.25, -0.2) is 4.79 Å². The summed E-state index contributed by atoms with van der Waals surface area (Å²) in [6.07, 6.45) is 3.78. The summed E-state index contributed by atoms with van der Waals surface area (Å²) >= 11 is 0. The van der Waals surface area contributed by atoms with Crippen LogP contribution >= 0.6 is 0 Å². The highest BCUT2D eigenvalue weighted by Crippen LogP contribution is 2.34. The van der Waals surface area contributed by atoms with Gasteiger partial charge < -0.3 is 24.4 Å². The molecule has 0 atom stereocenters. The van der Waals surface area contributed by atoms with Crippen molar-refractivity contribution in [1.29, 1.82) is 0 Å². The number of carbonyl (C=O) groups is 3. The van der Waals surface area contributed by atoms with Gasteiger partial charge in [0.15, 0.2) is 18.2 Å². The van der Waals surface area contributed by atoms with Gasteiger partial charge in [-0.05, 0) is 80.6 Å². The molecule has 3 rings (SSSR count). The Labute approximate surface area is 222 Å². The number of unbranched alkanes of at least 4 members (excludes halogenated alkanes) is 2. The molecular formula is C30H34O8. The van der Waals surface area contributed by atoms with Crippen LogP contribution in [0.1, 0.15) is 72.7 Å². The largest absolute Gasteiger partial charge is 0.507 e. The minimum absolute atomic E-state index is 0.00230. The molecule has 0 unspecified atom stereocenters. The van der Waals surface area contributed by atoms with E-state index in [1.165, 1.54) is 13.8 Å². The number of ether oxygens (including phenoxy) is 3. The maximum atomic E-state index is 12.5. The first-order valence-corrected chi connectivity index (χ1v) is 12.8. The summed E-state index contributed by atoms with van der Waals surface area (Å²) in [5.74, 6) is 0.0219. The fourth-order valence-corrected chi connectivity index (χ4v) is 4.27. The summed E-state index contributed by atoms with van der Waals surface area (Å²) in [5.41, 5.74) is 1.40. The van der Waals surface area contributed by atoms with Gasteiger partial charge >= 0.3 is 5.97 Å². The van der Waals surface area contributed by atoms with Crippen molar-refractivity contribution in [3.8, 4) is 23.0 Å². The third kappa shape index (κ3) is 7.25. The van der Waals surface area contributed by atoms with Gasteiger partial charge in [0.2, 0.25) is 0 Å². The first kappa shape index (κ1) is 28.5. The summed E-state index contributed by atoms with van der Waals surface area (Å²) in [6.45, 7) is 5.31. The molecule has 8 nitrogen and oxygen atoms in total. The van der Waals surface area contributed by atoms with E-state index in [9.17, 15) is 19.5 Å². The smallest absolute Gasteiger partial charge is 0.341 e. The molecule has 0 amide bonds. The van der Waals surface area contributed by atoms with Crippen molar-refractivity contribution in [2.45, 2.75) is 52.9 Å². The molecule has 0 heterocycles. The number of phenolic OH excluding ortho intramolecular Hbond substituents is 1. The standard InChI is InChI=1S/C30H34O8/c1-4-8-24-26(14-12-23(19(2)31)30(24)35)36-15-6-5-7-16-37-27-13-10-21-9-11-22(38-18-28(33)34)17-25(21)29(27)20(3)32/h9-14,17,35H,4-8,15-16,18H2,1-3H3,(H,33,34). The van der Waals surface area contributed by atoms with Crippen LogP contribution in [0, 0.1) is 0 Å². The number of rotatable bonds is 15. The highest BCUT2D eigenvalue weighted by molar-refractivity contribution is 6.09. The zero-order valence-electron chi connectivity index (χ0n) is 22.0. The molecule has 0 radical (unpaired) electrons. The zero-order valence-corrected chi connectivity index (χ0v) is 22.0. The number of benzene rings is 3. The number of carbonyl (C=O) groups excluding carboxylic acids is 2. The van der Waals surface area contributed by atoms with Crippen molar-refractivity contribution in [2.24, 2.45) is 0 Å². The van der Waals surface area contributed by atoms with Gasteiger partial charge in [0.1, 0.15) is 23.0 Å². The summed E-state index contributed by atoms with van der Waals surface area (Å²) in [7, 11) is 0. The molecule has 0 aliphatic heterocycles. The van der Waals surface area contributed by atoms with Gasteiger partial charge in [-0.3, -0.25) is 9.59 Å². The predicted molar refractivity (Wildman–Crippen MR) is 144 cm³/mol. The Morgan fingerprint density at radius 1 is 0.816 bits per heavy atom. The lowest BCUT2D eigenvalue weighted by Crippen LogP contribution is -2.09. The molecule has 3 aromatic carbocycles. The number of hydrogen-bond acceptors (Lipinski definition) is 7. The second-order valence-corrected chi connectivity index (χ2v) is 9.06. The fraction of sp³-hybridized carbons (Fsp3) is 0.367. The molecule has 0 fully saturated rings. The highest BCUT2D eigenvalue weighted by atomic mass is 16.5. The van der Waals surface area contributed by atoms with Crippen LogP contribution in [0.2, 0.25) is 0 Å². The highest BCUT2D eigenvalue weighted by Gasteiger charge is 2.16. The van der Waals surface area contributed by atoms with E-state index in [1.807, 2.05) is 13.0 Å². The van der Waals surface area contributed by atoms with Gasteiger partial charge in [0.25, 0.3) is 0 Å². The lowest BCUT2D eigenvalue weighted by molar-refractivity contribution is -0.139. The monoisotopic (exact) mass is 522 g/mol. The van der Waals surface area contributed by atoms with Crippen LogP contribution < -0.4 is 14.2 Å². The number of Topliss-reactive ketones (excluding diaryl/α,β-unsaturated/α-hetero) is 2. The molecule has 0 saturated carbocycles. The number of carboxylic acids is 1. The summed E-state index contributed by atoms with van der Waals surface area (Å²) in [5, 5.41) is 20.8. The Morgan fingerprint density at radius 2 is 1.47 bits per heavy atom. The van der Waals surface area contributed by atoms with Crippen LogP contribution in [0.5, 0.6) is 23.0 Å². The average Bonchev–Trinajstić information content (AvgIpc) is 2.87. The fourth-order valence-electron chi connectivity index (χ4n) is 4.27. The molecule has 0 aliphatic rings. The minimum Gasteiger partial charge on any atom is -0.507 e. The van der Waals surface area contributed by atoms with E-state index in [4.69, 9.17) is 19.3 Å². The van der Waals surface area contributed by atoms with E-state index in [-0.39, 0.29) is 17.3 Å². The summed E-state index contributed by atoms with van der Waals surface area (Å²) in [4.78, 5) is 35.0. The molecule has 202 valence electrons. The van der Waals surface area contributed by atoms with Crippen molar-refractivity contribution in [2.75, 3.05) is 19.8 Å². The van der Waals surface area contributed by atoms with Crippen molar-refractivity contribution in [3.63, 3.8) is 0 Å². The molecule has 3 aromatic rings. The molecule has 38 heavy (non-hydrogen) atoms. The van der Waals surface area contributed by atoms with Crippen LogP contribution in [0.3, 0.4) is 0 Å². The van der Waals surface area contributed by atoms with Gasteiger partial charge in [-0.15, -0.1) is 0 Å². The number of aliphatic carboxylic acids is 1. The topological polar surface area (TPSA) is 119 Å². The lowest BCUT2D eigenvalue weighted by atomic mass is 10.0. The molecule has 0 bridgehead atoms. The number of ketones is 2. The van der Waals surface area contributed by atoms with E-state index in [1.54, 1.807) is 36.4 Å². The van der Waals surface area contributed by atoms with Gasteiger partial charge in [0, 0.05) is 5.56 Å². The maximum absolute atomic E-state index is 12.5. The molecule has 8 heteroatoms. The zero-order chi connectivity index (χ0) is 27.7. The summed E-state index contributed by atoms with van der Waals surface area (Å²) in [6, 6.07) is 12.1. The van der Waals surface area contributed by atoms with E-state index in [0.29, 0.717) is 59.0 Å². The summed E-state index contributed by atoms with van der Waals surface area (Å²) < 4.78 is 17.1. The molecule has 0 aliphatic carbocycles. The Bertz CT molecular complexity index is 1310. The van der Waals surface area contributed by atoms with Crippen molar-refractivity contribution in [3.05, 3.63) is 59.2 Å². The molecule has 0 saturated heterocycles. The Balaban J connectivity index is 1.56. The molecule has 0 spiro atoms. The Morgan fingerprint density at radius 3 is 2.11 bits per heavy atom. The van der Waals surface area contributed by atoms with Gasteiger partial charge in [-0.1, -0.05) is 25.5 Å². The van der Waals surface area contributed by atoms with Crippen LogP contribution in [-0.4, -0.2) is 47.6 Å². The predicted octanol–water partition coefficient (Wildman–Crippen LogP) is 5.99. The lowest BCUT2D eigenvalue weighted by Gasteiger charge is -2.15. The maximum Gasteiger partial charge on any atom is 0.341 e. The number of phenols is 1. The number of fused-ring (bicyclic) bond motifs is 1. The van der Waals surface area contributed by atoms with Crippen molar-refractivity contribution >= 4 is 28.3 Å². The first-order chi connectivity index (χ1) is 18.2. The SMILES string of the molecule is CCCc1c(OCCCCCOc2ccc3ccc(OCC(=O)O)cc3c2C(C)=O)ccc(C(C)=O)c1O. The number of hydrogen-bond donors (Lipinski definition) is 2. The number of aromatic hydroxyl groups is 1. The first-order valence-electron chi connectivity index (χ1n) is 12.8. The van der Waals surface area contributed by atoms with E-state index in [0.717, 1.165) is 31.1 Å². The average molecular weight is 523 g/mol. The van der Waals surface area contributed by atoms with E-state index >= 15 is 0 Å². The van der Waals surface area contributed by atoms with Gasteiger partial charge in [-0.2, -0.15) is 0 Å². The van der Waals surface area contributed by atoms with Crippen LogP contribution in [-0.2, 0) is 11.2 Å². The normalized spacial score (nSPS) is 10.8. The van der Waals surface area contributed by atoms with Crippen LogP contribution in [0.25, 0.3) is 10.8 Å². The number of carboxylic acid groups (broad SMARTS) is 1. The van der Waals surface area contributed by atoms with E-state index < -0.39 is 12.6 Å². The second kappa shape index (κ2) is 13.5.